The van der Waals surface area contributed by atoms with Crippen molar-refractivity contribution in [2.45, 2.75) is 6.55 Å². The molecular formula is C49H38SiTi. The standard InChI is InChI=1S/2C21H15.C7H8Si.Ti/c2*1-3-8-16(9-4-1)19-14-18-12-7-13-20(21(18)15-19)17-10-5-2-6-11-17;1-8-7-5-3-2-4-6-7;/h2*1-15H;2-6H,1H3;/q2*-1;;+2. The van der Waals surface area contributed by atoms with Gasteiger partial charge in [-0.15, -0.1) is 69.1 Å². The maximum atomic E-state index is 2.31. The summed E-state index contributed by atoms with van der Waals surface area (Å²) in [5, 5.41) is 6.76. The van der Waals surface area contributed by atoms with E-state index >= 15 is 0 Å². The summed E-state index contributed by atoms with van der Waals surface area (Å²) in [6, 6.07) is 75.2. The summed E-state index contributed by atoms with van der Waals surface area (Å²) < 4.78 is 0. The predicted octanol–water partition coefficient (Wildman–Crippen LogP) is 12.8. The van der Waals surface area contributed by atoms with Gasteiger partial charge in [0.1, 0.15) is 0 Å². The zero-order valence-corrected chi connectivity index (χ0v) is 31.3. The molecule has 0 spiro atoms. The third-order valence-electron chi connectivity index (χ3n) is 9.09. The topological polar surface area (TPSA) is 0 Å². The molecule has 9 aromatic rings. The van der Waals surface area contributed by atoms with Crippen LogP contribution in [0, 0.1) is 0 Å². The smallest absolute Gasteiger partial charge is 0.0259 e. The minimum absolute atomic E-state index is 0.212. The van der Waals surface area contributed by atoms with Gasteiger partial charge in [-0.05, 0) is 11.1 Å². The number of fused-ring (bicyclic) bond motifs is 2. The second kappa shape index (κ2) is 16.6. The van der Waals surface area contributed by atoms with E-state index in [-0.39, 0.29) is 6.19 Å². The van der Waals surface area contributed by atoms with Crippen LogP contribution in [-0.4, -0.2) is 6.19 Å². The molecule has 2 heteroatoms. The van der Waals surface area contributed by atoms with E-state index in [9.17, 15) is 0 Å². The van der Waals surface area contributed by atoms with Crippen LogP contribution in [0.4, 0.5) is 0 Å². The van der Waals surface area contributed by atoms with Gasteiger partial charge in [-0.3, -0.25) is 0 Å². The molecule has 0 saturated carbocycles. The average Bonchev–Trinajstić information content (AvgIpc) is 3.86. The van der Waals surface area contributed by atoms with Crippen LogP contribution in [0.3, 0.4) is 0 Å². The number of rotatable bonds is 5. The first-order chi connectivity index (χ1) is 25.1. The first-order valence-electron chi connectivity index (χ1n) is 17.4. The molecular weight excluding hydrogens is 664 g/mol. The van der Waals surface area contributed by atoms with Crippen LogP contribution in [0.1, 0.15) is 0 Å². The second-order valence-electron chi connectivity index (χ2n) is 12.6. The zero-order chi connectivity index (χ0) is 34.8. The van der Waals surface area contributed by atoms with Crippen LogP contribution < -0.4 is 5.19 Å². The van der Waals surface area contributed by atoms with E-state index in [1.54, 1.807) is 0 Å². The van der Waals surface area contributed by atoms with Gasteiger partial charge >= 0.3 is 67.4 Å². The van der Waals surface area contributed by atoms with Crippen LogP contribution in [0.2, 0.25) is 6.55 Å². The molecule has 0 unspecified atom stereocenters. The fraction of sp³-hybridized carbons (Fsp3) is 0.0204. The fourth-order valence-electron chi connectivity index (χ4n) is 6.49. The molecule has 0 N–H and O–H groups in total. The summed E-state index contributed by atoms with van der Waals surface area (Å²) in [7, 11) is 0. The molecule has 0 heterocycles. The van der Waals surface area contributed by atoms with Crippen molar-refractivity contribution >= 4 is 32.9 Å². The zero-order valence-electron chi connectivity index (χ0n) is 28.7. The Hall–Kier alpha value is -5.31. The monoisotopic (exact) mass is 702 g/mol. The van der Waals surface area contributed by atoms with E-state index in [2.05, 4.69) is 238 Å². The first kappa shape index (κ1) is 34.2. The van der Waals surface area contributed by atoms with Gasteiger partial charge in [-0.25, -0.2) is 0 Å². The summed E-state index contributed by atoms with van der Waals surface area (Å²) in [6.07, 6.45) is -0.212. The van der Waals surface area contributed by atoms with Crippen LogP contribution >= 0.6 is 0 Å². The van der Waals surface area contributed by atoms with Gasteiger partial charge in [-0.2, -0.15) is 0 Å². The SMILES string of the molecule is C[Si](=[Ti+2])c1ccccc1.c1ccc(-c2cc3c(-c4ccccc4)cccc3[cH-]2)cc1.c1ccc(-c2cc3c(-c4ccccc4)cccc3[cH-]2)cc1. The van der Waals surface area contributed by atoms with Gasteiger partial charge in [0.25, 0.3) is 0 Å². The summed E-state index contributed by atoms with van der Waals surface area (Å²) in [5.74, 6) is 0. The van der Waals surface area contributed by atoms with Crippen molar-refractivity contribution in [2.24, 2.45) is 0 Å². The molecule has 0 aromatic heterocycles. The average molecular weight is 703 g/mol. The Morgan fingerprint density at radius 1 is 0.373 bits per heavy atom. The van der Waals surface area contributed by atoms with E-state index in [0.717, 1.165) is 0 Å². The third-order valence-corrected chi connectivity index (χ3v) is 11.6. The Morgan fingerprint density at radius 3 is 1.04 bits per heavy atom. The van der Waals surface area contributed by atoms with Gasteiger partial charge < -0.3 is 0 Å². The van der Waals surface area contributed by atoms with Gasteiger partial charge in [0.05, 0.1) is 0 Å². The molecule has 0 atom stereocenters. The van der Waals surface area contributed by atoms with Gasteiger partial charge in [0.15, 0.2) is 0 Å². The van der Waals surface area contributed by atoms with E-state index < -0.39 is 0 Å². The quantitative estimate of drug-likeness (QED) is 0.124. The molecule has 0 amide bonds. The van der Waals surface area contributed by atoms with E-state index in [4.69, 9.17) is 0 Å². The summed E-state index contributed by atoms with van der Waals surface area (Å²) in [4.78, 5) is 0. The molecule has 0 saturated heterocycles. The van der Waals surface area contributed by atoms with Gasteiger partial charge in [0, 0.05) is 0 Å². The van der Waals surface area contributed by atoms with E-state index in [1.807, 2.05) is 0 Å². The normalized spacial score (nSPS) is 10.6. The fourth-order valence-corrected chi connectivity index (χ4v) is 7.96. The van der Waals surface area contributed by atoms with Crippen molar-refractivity contribution in [1.29, 1.82) is 0 Å². The molecule has 0 aliphatic carbocycles. The molecule has 0 aliphatic rings. The van der Waals surface area contributed by atoms with Crippen LogP contribution in [-0.2, 0) is 19.2 Å². The Balaban J connectivity index is 0.000000129. The van der Waals surface area contributed by atoms with Crippen LogP contribution in [0.25, 0.3) is 66.1 Å². The number of hydrogen-bond acceptors (Lipinski definition) is 0. The predicted molar refractivity (Wildman–Crippen MR) is 219 cm³/mol. The van der Waals surface area contributed by atoms with Crippen molar-refractivity contribution < 1.29 is 19.2 Å². The van der Waals surface area contributed by atoms with Gasteiger partial charge in [0.2, 0.25) is 0 Å². The number of benzene rings is 7. The van der Waals surface area contributed by atoms with Crippen molar-refractivity contribution in [3.8, 4) is 44.5 Å². The molecule has 242 valence electrons. The molecule has 51 heavy (non-hydrogen) atoms. The second-order valence-corrected chi connectivity index (χ2v) is 17.9. The van der Waals surface area contributed by atoms with E-state index in [0.29, 0.717) is 0 Å². The molecule has 9 aromatic carbocycles. The Labute approximate surface area is 313 Å². The first-order valence-corrected chi connectivity index (χ1v) is 21.7. The molecule has 0 nitrogen and oxygen atoms in total. The van der Waals surface area contributed by atoms with Crippen LogP contribution in [0.15, 0.2) is 212 Å². The van der Waals surface area contributed by atoms with Crippen molar-refractivity contribution in [1.82, 2.24) is 0 Å². The Morgan fingerprint density at radius 2 is 0.706 bits per heavy atom. The Bertz CT molecular complexity index is 2310. The summed E-state index contributed by atoms with van der Waals surface area (Å²) in [5.41, 5.74) is 10.3. The minimum atomic E-state index is -0.212. The maximum Gasteiger partial charge on any atom is -0.0259 e. The third kappa shape index (κ3) is 8.36. The molecule has 0 aliphatic heterocycles. The molecule has 0 fully saturated rings. The maximum absolute atomic E-state index is 2.31. The largest absolute Gasteiger partial charge is 0.144 e. The van der Waals surface area contributed by atoms with Gasteiger partial charge in [-0.1, -0.05) is 168 Å². The minimum Gasteiger partial charge on any atom is -0.144 e. The van der Waals surface area contributed by atoms with Crippen molar-refractivity contribution in [3.63, 3.8) is 0 Å². The summed E-state index contributed by atoms with van der Waals surface area (Å²) >= 11 is 2.31. The number of hydrogen-bond donors (Lipinski definition) is 0. The molecule has 0 radical (unpaired) electrons. The summed E-state index contributed by atoms with van der Waals surface area (Å²) in [6.45, 7) is 2.31. The van der Waals surface area contributed by atoms with Crippen molar-refractivity contribution in [2.75, 3.05) is 0 Å². The van der Waals surface area contributed by atoms with Crippen molar-refractivity contribution in [3.05, 3.63) is 212 Å². The molecule has 0 bridgehead atoms. The Kier molecular flexibility index (Phi) is 11.1. The van der Waals surface area contributed by atoms with Crippen LogP contribution in [0.5, 0.6) is 0 Å². The van der Waals surface area contributed by atoms with E-state index in [1.165, 1.54) is 71.2 Å². The molecule has 9 rings (SSSR count).